The van der Waals surface area contributed by atoms with Crippen LogP contribution in [0.5, 0.6) is 0 Å². The van der Waals surface area contributed by atoms with Crippen LogP contribution >= 0.6 is 0 Å². The quantitative estimate of drug-likeness (QED) is 0.551. The molecule has 0 spiro atoms. The lowest BCUT2D eigenvalue weighted by Crippen LogP contribution is -2.62. The molecule has 0 bridgehead atoms. The summed E-state index contributed by atoms with van der Waals surface area (Å²) in [5, 5.41) is 4.29. The van der Waals surface area contributed by atoms with Gasteiger partial charge >= 0.3 is 0 Å². The summed E-state index contributed by atoms with van der Waals surface area (Å²) in [5.41, 5.74) is 2.92. The fourth-order valence-electron chi connectivity index (χ4n) is 2.90. The maximum atomic E-state index is 5.84. The zero-order chi connectivity index (χ0) is 15.3. The van der Waals surface area contributed by atoms with Crippen molar-refractivity contribution in [3.8, 4) is 0 Å². The maximum Gasteiger partial charge on any atom is 0.138 e. The van der Waals surface area contributed by atoms with Gasteiger partial charge in [0.2, 0.25) is 0 Å². The summed E-state index contributed by atoms with van der Waals surface area (Å²) in [4.78, 5) is 6.83. The second-order valence-corrected chi connectivity index (χ2v) is 6.08. The zero-order valence-corrected chi connectivity index (χ0v) is 13.4. The van der Waals surface area contributed by atoms with E-state index in [1.165, 1.54) is 0 Å². The normalized spacial score (nSPS) is 18.9. The molecule has 21 heavy (non-hydrogen) atoms. The Hall–Kier alpha value is -1.02. The van der Waals surface area contributed by atoms with Crippen LogP contribution < -0.4 is 11.3 Å². The predicted molar refractivity (Wildman–Crippen MR) is 81.6 cm³/mol. The largest absolute Gasteiger partial charge is 0.379 e. The van der Waals surface area contributed by atoms with Crippen molar-refractivity contribution in [2.45, 2.75) is 51.7 Å². The molecule has 1 unspecified atom stereocenters. The molecule has 0 saturated carbocycles. The van der Waals surface area contributed by atoms with Gasteiger partial charge in [-0.05, 0) is 20.3 Å². The maximum absolute atomic E-state index is 5.84. The van der Waals surface area contributed by atoms with E-state index >= 15 is 0 Å². The molecule has 0 amide bonds. The number of hydrogen-bond acceptors (Lipinski definition) is 6. The summed E-state index contributed by atoms with van der Waals surface area (Å²) in [6.07, 6.45) is 3.44. The van der Waals surface area contributed by atoms with Crippen LogP contribution in [0, 0.1) is 0 Å². The Morgan fingerprint density at radius 2 is 2.14 bits per heavy atom. The molecule has 1 aliphatic rings. The molecule has 2 rings (SSSR count). The van der Waals surface area contributed by atoms with Crippen molar-refractivity contribution < 1.29 is 4.74 Å². The molecule has 1 saturated heterocycles. The van der Waals surface area contributed by atoms with Gasteiger partial charge < -0.3 is 4.74 Å². The minimum atomic E-state index is -0.0679. The Balaban J connectivity index is 2.08. The van der Waals surface area contributed by atoms with E-state index in [0.717, 1.165) is 51.5 Å². The lowest BCUT2D eigenvalue weighted by Gasteiger charge is -2.45. The standard InChI is InChI=1S/C14H28N6O/c1-4-5-20-13(16-11-17-20)10-12(18-15)14(2,3)19-6-8-21-9-7-19/h11-12,18H,4-10,15H2,1-3H3. The second-order valence-electron chi connectivity index (χ2n) is 6.08. The molecule has 120 valence electrons. The van der Waals surface area contributed by atoms with E-state index in [0.29, 0.717) is 0 Å². The summed E-state index contributed by atoms with van der Waals surface area (Å²) in [7, 11) is 0. The Morgan fingerprint density at radius 1 is 1.43 bits per heavy atom. The van der Waals surface area contributed by atoms with Gasteiger partial charge in [0, 0.05) is 37.6 Å². The summed E-state index contributed by atoms with van der Waals surface area (Å²) < 4.78 is 7.42. The van der Waals surface area contributed by atoms with Crippen LogP contribution in [0.1, 0.15) is 33.0 Å². The Morgan fingerprint density at radius 3 is 2.76 bits per heavy atom. The number of nitrogens with zero attached hydrogens (tertiary/aromatic N) is 4. The highest BCUT2D eigenvalue weighted by atomic mass is 16.5. The van der Waals surface area contributed by atoms with E-state index in [9.17, 15) is 0 Å². The van der Waals surface area contributed by atoms with Crippen molar-refractivity contribution in [3.63, 3.8) is 0 Å². The Bertz CT molecular complexity index is 427. The second kappa shape index (κ2) is 7.31. The SMILES string of the molecule is CCCn1ncnc1CC(NN)C(C)(C)N1CCOCC1. The number of aryl methyl sites for hydroxylation is 1. The van der Waals surface area contributed by atoms with Crippen molar-refractivity contribution in [2.75, 3.05) is 26.3 Å². The third kappa shape index (κ3) is 3.79. The molecule has 7 nitrogen and oxygen atoms in total. The van der Waals surface area contributed by atoms with Crippen LogP contribution in [0.4, 0.5) is 0 Å². The Kier molecular flexibility index (Phi) is 5.69. The molecule has 3 N–H and O–H groups in total. The van der Waals surface area contributed by atoms with Crippen LogP contribution in [0.25, 0.3) is 0 Å². The number of morpholine rings is 1. The van der Waals surface area contributed by atoms with Crippen LogP contribution in [0.3, 0.4) is 0 Å². The molecule has 1 aromatic rings. The van der Waals surface area contributed by atoms with E-state index in [-0.39, 0.29) is 11.6 Å². The first-order chi connectivity index (χ1) is 10.1. The van der Waals surface area contributed by atoms with Crippen LogP contribution in [-0.2, 0) is 17.7 Å². The van der Waals surface area contributed by atoms with Gasteiger partial charge in [-0.25, -0.2) is 4.98 Å². The first-order valence-electron chi connectivity index (χ1n) is 7.75. The fraction of sp³-hybridized carbons (Fsp3) is 0.857. The molecule has 1 atom stereocenters. The minimum Gasteiger partial charge on any atom is -0.379 e. The summed E-state index contributed by atoms with van der Waals surface area (Å²) in [5.74, 6) is 6.83. The molecule has 2 heterocycles. The van der Waals surface area contributed by atoms with Crippen molar-refractivity contribution in [1.82, 2.24) is 25.1 Å². The molecule has 0 radical (unpaired) electrons. The van der Waals surface area contributed by atoms with Gasteiger partial charge in [-0.3, -0.25) is 20.9 Å². The number of ether oxygens (including phenoxy) is 1. The topological polar surface area (TPSA) is 81.2 Å². The molecular weight excluding hydrogens is 268 g/mol. The number of nitrogens with one attached hydrogen (secondary N) is 1. The first-order valence-corrected chi connectivity index (χ1v) is 7.75. The van der Waals surface area contributed by atoms with Gasteiger partial charge in [-0.2, -0.15) is 5.10 Å². The van der Waals surface area contributed by atoms with E-state index in [4.69, 9.17) is 10.6 Å². The summed E-state index contributed by atoms with van der Waals surface area (Å²) >= 11 is 0. The monoisotopic (exact) mass is 296 g/mol. The highest BCUT2D eigenvalue weighted by molar-refractivity contribution is 5.00. The fourth-order valence-corrected chi connectivity index (χ4v) is 2.90. The third-order valence-electron chi connectivity index (χ3n) is 4.40. The van der Waals surface area contributed by atoms with E-state index in [2.05, 4.69) is 41.2 Å². The number of nitrogens with two attached hydrogens (primary N) is 1. The molecule has 0 aromatic carbocycles. The first kappa shape index (κ1) is 16.4. The number of hydrazine groups is 1. The van der Waals surface area contributed by atoms with Crippen LogP contribution in [-0.4, -0.2) is 57.5 Å². The smallest absolute Gasteiger partial charge is 0.138 e. The van der Waals surface area contributed by atoms with Gasteiger partial charge in [0.25, 0.3) is 0 Å². The van der Waals surface area contributed by atoms with Crippen LogP contribution in [0.2, 0.25) is 0 Å². The lowest BCUT2D eigenvalue weighted by molar-refractivity contribution is -0.0236. The van der Waals surface area contributed by atoms with E-state index < -0.39 is 0 Å². The van der Waals surface area contributed by atoms with Crippen molar-refractivity contribution in [3.05, 3.63) is 12.2 Å². The minimum absolute atomic E-state index is 0.0679. The zero-order valence-electron chi connectivity index (χ0n) is 13.4. The highest BCUT2D eigenvalue weighted by Crippen LogP contribution is 2.22. The third-order valence-corrected chi connectivity index (χ3v) is 4.40. The Labute approximate surface area is 126 Å². The van der Waals surface area contributed by atoms with Gasteiger partial charge in [-0.15, -0.1) is 0 Å². The van der Waals surface area contributed by atoms with Gasteiger partial charge in [0.05, 0.1) is 13.2 Å². The predicted octanol–water partition coefficient (Wildman–Crippen LogP) is 0.173. The molecule has 1 aromatic heterocycles. The molecule has 7 heteroatoms. The number of hydrogen-bond donors (Lipinski definition) is 2. The average molecular weight is 296 g/mol. The summed E-state index contributed by atoms with van der Waals surface area (Å²) in [6, 6.07) is 0.107. The average Bonchev–Trinajstić information content (AvgIpc) is 2.93. The van der Waals surface area contributed by atoms with Gasteiger partial charge in [-0.1, -0.05) is 6.92 Å². The van der Waals surface area contributed by atoms with E-state index in [1.54, 1.807) is 6.33 Å². The van der Waals surface area contributed by atoms with Crippen LogP contribution in [0.15, 0.2) is 6.33 Å². The van der Waals surface area contributed by atoms with E-state index in [1.807, 2.05) is 4.68 Å². The van der Waals surface area contributed by atoms with Crippen molar-refractivity contribution in [2.24, 2.45) is 5.84 Å². The van der Waals surface area contributed by atoms with Crippen molar-refractivity contribution >= 4 is 0 Å². The lowest BCUT2D eigenvalue weighted by atomic mass is 9.89. The highest BCUT2D eigenvalue weighted by Gasteiger charge is 2.36. The molecular formula is C14H28N6O. The summed E-state index contributed by atoms with van der Waals surface area (Å²) in [6.45, 7) is 10.9. The molecule has 1 aliphatic heterocycles. The number of aromatic nitrogens is 3. The molecule has 1 fully saturated rings. The molecule has 0 aliphatic carbocycles. The van der Waals surface area contributed by atoms with Gasteiger partial charge in [0.15, 0.2) is 0 Å². The number of rotatable bonds is 7. The van der Waals surface area contributed by atoms with Gasteiger partial charge in [0.1, 0.15) is 12.2 Å². The van der Waals surface area contributed by atoms with Crippen molar-refractivity contribution in [1.29, 1.82) is 0 Å².